The van der Waals surface area contributed by atoms with Gasteiger partial charge in [-0.3, -0.25) is 4.79 Å². The summed E-state index contributed by atoms with van der Waals surface area (Å²) < 4.78 is 28.1. The average molecular weight is 452 g/mol. The van der Waals surface area contributed by atoms with Crippen molar-refractivity contribution < 1.29 is 18.7 Å². The summed E-state index contributed by atoms with van der Waals surface area (Å²) in [7, 11) is 0. The largest absolute Gasteiger partial charge is 0.506 e. The van der Waals surface area contributed by atoms with E-state index in [1.807, 2.05) is 0 Å². The van der Waals surface area contributed by atoms with E-state index in [2.05, 4.69) is 48.9 Å². The molecule has 0 unspecified atom stereocenters. The minimum absolute atomic E-state index is 0.00145. The lowest BCUT2D eigenvalue weighted by molar-refractivity contribution is 0.102. The summed E-state index contributed by atoms with van der Waals surface area (Å²) in [6, 6.07) is 3.83. The normalized spacial score (nSPS) is 17.1. The molecule has 0 saturated carbocycles. The number of rotatable bonds is 2. The van der Waals surface area contributed by atoms with Gasteiger partial charge in [-0.15, -0.1) is 0 Å². The van der Waals surface area contributed by atoms with Gasteiger partial charge in [0.25, 0.3) is 5.91 Å². The zero-order chi connectivity index (χ0) is 21.0. The fraction of sp³-hybridized carbons (Fsp3) is 0.409. The van der Waals surface area contributed by atoms with Crippen LogP contribution < -0.4 is 5.32 Å². The van der Waals surface area contributed by atoms with Crippen molar-refractivity contribution in [3.8, 4) is 5.75 Å². The van der Waals surface area contributed by atoms with Gasteiger partial charge in [0.2, 0.25) is 0 Å². The van der Waals surface area contributed by atoms with E-state index in [-0.39, 0.29) is 33.4 Å². The number of benzene rings is 2. The van der Waals surface area contributed by atoms with E-state index < -0.39 is 17.5 Å². The molecular formula is C22H24BrF2NO2. The van der Waals surface area contributed by atoms with E-state index in [4.69, 9.17) is 0 Å². The molecule has 2 aromatic rings. The van der Waals surface area contributed by atoms with Gasteiger partial charge in [-0.05, 0) is 75.9 Å². The van der Waals surface area contributed by atoms with Crippen LogP contribution in [0.3, 0.4) is 0 Å². The number of nitrogens with one attached hydrogen (secondary N) is 1. The van der Waals surface area contributed by atoms with Gasteiger partial charge in [0, 0.05) is 11.3 Å². The number of hydrogen-bond acceptors (Lipinski definition) is 2. The molecule has 2 N–H and O–H groups in total. The summed E-state index contributed by atoms with van der Waals surface area (Å²) in [5.41, 5.74) is 1.61. The number of phenols is 1. The number of halogens is 3. The zero-order valence-electron chi connectivity index (χ0n) is 16.6. The smallest absolute Gasteiger partial charge is 0.259 e. The second kappa shape index (κ2) is 6.83. The number of carbonyl (C=O) groups is 1. The number of aromatic hydroxyl groups is 1. The summed E-state index contributed by atoms with van der Waals surface area (Å²) in [5.74, 6) is -2.28. The van der Waals surface area contributed by atoms with E-state index in [1.165, 1.54) is 6.92 Å². The Labute approximate surface area is 172 Å². The van der Waals surface area contributed by atoms with Crippen molar-refractivity contribution in [2.75, 3.05) is 5.32 Å². The quantitative estimate of drug-likeness (QED) is 0.559. The molecule has 0 atom stereocenters. The molecule has 3 nitrogen and oxygen atoms in total. The Morgan fingerprint density at radius 3 is 2.18 bits per heavy atom. The van der Waals surface area contributed by atoms with Crippen molar-refractivity contribution in [3.63, 3.8) is 0 Å². The van der Waals surface area contributed by atoms with Crippen LogP contribution >= 0.6 is 15.9 Å². The second-order valence-corrected chi connectivity index (χ2v) is 9.59. The molecule has 6 heteroatoms. The predicted octanol–water partition coefficient (Wildman–Crippen LogP) is 6.34. The maximum absolute atomic E-state index is 13.8. The molecule has 0 aliphatic heterocycles. The van der Waals surface area contributed by atoms with Crippen LogP contribution in [-0.4, -0.2) is 11.0 Å². The van der Waals surface area contributed by atoms with Crippen LogP contribution in [0.4, 0.5) is 14.5 Å². The van der Waals surface area contributed by atoms with Crippen molar-refractivity contribution in [1.82, 2.24) is 0 Å². The minimum Gasteiger partial charge on any atom is -0.506 e. The van der Waals surface area contributed by atoms with Crippen LogP contribution in [0.1, 0.15) is 67.6 Å². The van der Waals surface area contributed by atoms with E-state index in [1.54, 1.807) is 6.07 Å². The van der Waals surface area contributed by atoms with Gasteiger partial charge < -0.3 is 10.4 Å². The Bertz CT molecular complexity index is 960. The van der Waals surface area contributed by atoms with Gasteiger partial charge in [-0.25, -0.2) is 8.78 Å². The third-order valence-corrected chi connectivity index (χ3v) is 6.58. The molecule has 28 heavy (non-hydrogen) atoms. The molecular weight excluding hydrogens is 428 g/mol. The molecule has 150 valence electrons. The molecule has 0 heterocycles. The molecule has 0 bridgehead atoms. The lowest BCUT2D eigenvalue weighted by Crippen LogP contribution is -2.34. The first kappa shape index (κ1) is 20.8. The van der Waals surface area contributed by atoms with Crippen molar-refractivity contribution in [2.24, 2.45) is 0 Å². The van der Waals surface area contributed by atoms with Crippen molar-refractivity contribution in [3.05, 3.63) is 56.6 Å². The van der Waals surface area contributed by atoms with Crippen LogP contribution in [0.2, 0.25) is 0 Å². The molecule has 2 aromatic carbocycles. The maximum Gasteiger partial charge on any atom is 0.259 e. The van der Waals surface area contributed by atoms with Gasteiger partial charge in [0.05, 0.1) is 10.0 Å². The first-order valence-corrected chi connectivity index (χ1v) is 9.98. The molecule has 0 aromatic heterocycles. The zero-order valence-corrected chi connectivity index (χ0v) is 18.2. The Balaban J connectivity index is 2.08. The minimum atomic E-state index is -0.742. The molecule has 1 amide bonds. The number of carbonyl (C=O) groups excluding carboxylic acids is 1. The molecule has 0 saturated heterocycles. The Kier molecular flexibility index (Phi) is 5.07. The van der Waals surface area contributed by atoms with Gasteiger partial charge >= 0.3 is 0 Å². The highest BCUT2D eigenvalue weighted by atomic mass is 79.9. The Morgan fingerprint density at radius 2 is 1.61 bits per heavy atom. The highest BCUT2D eigenvalue weighted by Gasteiger charge is 2.40. The third kappa shape index (κ3) is 3.43. The average Bonchev–Trinajstić information content (AvgIpc) is 2.58. The monoisotopic (exact) mass is 451 g/mol. The maximum atomic E-state index is 13.8. The van der Waals surface area contributed by atoms with E-state index >= 15 is 0 Å². The summed E-state index contributed by atoms with van der Waals surface area (Å²) in [5, 5.41) is 13.2. The Hall–Kier alpha value is -1.95. The third-order valence-electron chi connectivity index (χ3n) is 5.80. The summed E-state index contributed by atoms with van der Waals surface area (Å²) in [6.45, 7) is 9.77. The molecule has 3 rings (SSSR count). The lowest BCUT2D eigenvalue weighted by atomic mass is 9.63. The van der Waals surface area contributed by atoms with Crippen LogP contribution in [0.15, 0.2) is 22.7 Å². The van der Waals surface area contributed by atoms with Crippen LogP contribution in [0.5, 0.6) is 5.75 Å². The van der Waals surface area contributed by atoms with E-state index in [9.17, 15) is 18.7 Å². The fourth-order valence-electron chi connectivity index (χ4n) is 3.81. The van der Waals surface area contributed by atoms with E-state index in [0.717, 1.165) is 36.1 Å². The Morgan fingerprint density at radius 1 is 1.07 bits per heavy atom. The SMILES string of the molecule is Cc1c(F)cc(NC(=O)c2cc3c(c(Br)c2O)C(C)(C)CCC3(C)C)cc1F. The number of hydrogen-bond donors (Lipinski definition) is 2. The topological polar surface area (TPSA) is 49.3 Å². The molecule has 0 radical (unpaired) electrons. The summed E-state index contributed by atoms with van der Waals surface area (Å²) >= 11 is 3.48. The second-order valence-electron chi connectivity index (χ2n) is 8.80. The van der Waals surface area contributed by atoms with Crippen LogP contribution in [0.25, 0.3) is 0 Å². The first-order chi connectivity index (χ1) is 12.8. The van der Waals surface area contributed by atoms with Crippen LogP contribution in [-0.2, 0) is 10.8 Å². The highest BCUT2D eigenvalue weighted by Crippen LogP contribution is 2.51. The van der Waals surface area contributed by atoms with Crippen molar-refractivity contribution >= 4 is 27.5 Å². The van der Waals surface area contributed by atoms with Crippen molar-refractivity contribution in [2.45, 2.75) is 58.3 Å². The van der Waals surface area contributed by atoms with E-state index in [0.29, 0.717) is 4.47 Å². The van der Waals surface area contributed by atoms with Gasteiger partial charge in [0.15, 0.2) is 0 Å². The standard InChI is InChI=1S/C22H24BrF2NO2/c1-11-15(24)8-12(9-16(11)25)26-20(28)13-10-14-17(18(23)19(13)27)22(4,5)7-6-21(14,2)3/h8-10,27H,6-7H2,1-5H3,(H,26,28). The molecule has 1 aliphatic carbocycles. The highest BCUT2D eigenvalue weighted by molar-refractivity contribution is 9.10. The molecule has 0 fully saturated rings. The molecule has 0 spiro atoms. The van der Waals surface area contributed by atoms with Gasteiger partial charge in [-0.2, -0.15) is 0 Å². The number of phenolic OH excluding ortho intramolecular Hbond substituents is 1. The van der Waals surface area contributed by atoms with Gasteiger partial charge in [-0.1, -0.05) is 27.7 Å². The fourth-order valence-corrected chi connectivity index (χ4v) is 4.77. The molecule has 1 aliphatic rings. The van der Waals surface area contributed by atoms with Crippen molar-refractivity contribution in [1.29, 1.82) is 0 Å². The van der Waals surface area contributed by atoms with Crippen LogP contribution in [0, 0.1) is 18.6 Å². The summed E-state index contributed by atoms with van der Waals surface area (Å²) in [4.78, 5) is 12.8. The summed E-state index contributed by atoms with van der Waals surface area (Å²) in [6.07, 6.45) is 1.90. The predicted molar refractivity (Wildman–Crippen MR) is 110 cm³/mol. The number of amides is 1. The lowest BCUT2D eigenvalue weighted by Gasteiger charge is -2.42. The first-order valence-electron chi connectivity index (χ1n) is 9.18. The van der Waals surface area contributed by atoms with Gasteiger partial charge in [0.1, 0.15) is 17.4 Å². The number of fused-ring (bicyclic) bond motifs is 1. The number of anilines is 1.